The van der Waals surface area contributed by atoms with Crippen molar-refractivity contribution in [1.82, 2.24) is 4.98 Å². The molecule has 0 bridgehead atoms. The number of hydrogen-bond donors (Lipinski definition) is 1. The highest BCUT2D eigenvalue weighted by Gasteiger charge is 2.08. The van der Waals surface area contributed by atoms with E-state index in [1.807, 2.05) is 0 Å². The van der Waals surface area contributed by atoms with E-state index < -0.39 is 0 Å². The Balaban J connectivity index is 2.72. The summed E-state index contributed by atoms with van der Waals surface area (Å²) in [5.74, 6) is -0.136. The van der Waals surface area contributed by atoms with E-state index in [-0.39, 0.29) is 18.1 Å². The fourth-order valence-electron chi connectivity index (χ4n) is 0.909. The van der Waals surface area contributed by atoms with Crippen LogP contribution in [0.5, 0.6) is 0 Å². The Morgan fingerprint density at radius 1 is 1.47 bits per heavy atom. The van der Waals surface area contributed by atoms with Gasteiger partial charge in [-0.25, -0.2) is 4.98 Å². The van der Waals surface area contributed by atoms with Gasteiger partial charge in [-0.3, -0.25) is 9.59 Å². The summed E-state index contributed by atoms with van der Waals surface area (Å²) in [4.78, 5) is 25.9. The molecule has 1 rings (SSSR count). The fourth-order valence-corrected chi connectivity index (χ4v) is 2.00. The summed E-state index contributed by atoms with van der Waals surface area (Å²) in [6.07, 6.45) is 1.43. The van der Waals surface area contributed by atoms with E-state index in [1.54, 1.807) is 12.3 Å². The zero-order valence-electron chi connectivity index (χ0n) is 7.88. The number of rotatable bonds is 3. The Hall–Kier alpha value is -0.750. The van der Waals surface area contributed by atoms with E-state index in [2.05, 4.69) is 42.2 Å². The van der Waals surface area contributed by atoms with Gasteiger partial charge in [-0.15, -0.1) is 0 Å². The summed E-state index contributed by atoms with van der Waals surface area (Å²) in [7, 11) is 0. The van der Waals surface area contributed by atoms with Crippen LogP contribution in [0.1, 0.15) is 13.3 Å². The number of amides is 1. The number of halogens is 2. The van der Waals surface area contributed by atoms with E-state index in [0.717, 1.165) is 4.47 Å². The number of anilines is 1. The molecule has 1 aromatic heterocycles. The summed E-state index contributed by atoms with van der Waals surface area (Å²) < 4.78 is 1.47. The Morgan fingerprint density at radius 3 is 2.67 bits per heavy atom. The number of hydrogen-bond acceptors (Lipinski definition) is 3. The maximum atomic E-state index is 11.3. The molecule has 0 atom stereocenters. The molecule has 1 amide bonds. The van der Waals surface area contributed by atoms with Crippen LogP contribution in [0.15, 0.2) is 21.2 Å². The number of nitrogens with one attached hydrogen (secondary N) is 1. The molecule has 0 aromatic carbocycles. The molecule has 6 heteroatoms. The van der Waals surface area contributed by atoms with Gasteiger partial charge in [0, 0.05) is 10.7 Å². The van der Waals surface area contributed by atoms with Crippen molar-refractivity contribution in [1.29, 1.82) is 0 Å². The van der Waals surface area contributed by atoms with E-state index >= 15 is 0 Å². The van der Waals surface area contributed by atoms with Gasteiger partial charge in [0.15, 0.2) is 0 Å². The molecule has 4 nitrogen and oxygen atoms in total. The zero-order chi connectivity index (χ0) is 11.4. The molecule has 0 aliphatic rings. The van der Waals surface area contributed by atoms with Crippen LogP contribution < -0.4 is 5.32 Å². The van der Waals surface area contributed by atoms with Crippen LogP contribution >= 0.6 is 31.9 Å². The van der Waals surface area contributed by atoms with Gasteiger partial charge < -0.3 is 5.32 Å². The molecule has 80 valence electrons. The Kier molecular flexibility index (Phi) is 4.41. The van der Waals surface area contributed by atoms with E-state index in [1.165, 1.54) is 6.92 Å². The normalized spacial score (nSPS) is 9.80. The van der Waals surface area contributed by atoms with Crippen LogP contribution in [-0.2, 0) is 9.59 Å². The number of Topliss-reactive ketones (excluding diaryl/α,β-unsaturated/α-hetero) is 1. The van der Waals surface area contributed by atoms with Crippen molar-refractivity contribution >= 4 is 49.4 Å². The fraction of sp³-hybridized carbons (Fsp3) is 0.222. The predicted molar refractivity (Wildman–Crippen MR) is 63.6 cm³/mol. The van der Waals surface area contributed by atoms with Gasteiger partial charge >= 0.3 is 0 Å². The van der Waals surface area contributed by atoms with Gasteiger partial charge in [-0.1, -0.05) is 0 Å². The topological polar surface area (TPSA) is 59.1 Å². The summed E-state index contributed by atoms with van der Waals surface area (Å²) >= 11 is 6.49. The standard InChI is InChI=1S/C9H8Br2N2O2/c1-5(14)2-8(15)13-9-7(11)3-6(10)4-12-9/h3-4H,2H2,1H3,(H,12,13,15). The van der Waals surface area contributed by atoms with Crippen LogP contribution in [0.25, 0.3) is 0 Å². The molecule has 15 heavy (non-hydrogen) atoms. The van der Waals surface area contributed by atoms with Crippen molar-refractivity contribution in [3.05, 3.63) is 21.2 Å². The van der Waals surface area contributed by atoms with Crippen LogP contribution in [-0.4, -0.2) is 16.7 Å². The molecule has 0 aliphatic carbocycles. The molecule has 0 spiro atoms. The average molecular weight is 336 g/mol. The lowest BCUT2D eigenvalue weighted by Crippen LogP contribution is -2.15. The SMILES string of the molecule is CC(=O)CC(=O)Nc1ncc(Br)cc1Br. The second kappa shape index (κ2) is 5.37. The highest BCUT2D eigenvalue weighted by Crippen LogP contribution is 2.23. The smallest absolute Gasteiger partial charge is 0.232 e. The quantitative estimate of drug-likeness (QED) is 0.863. The third-order valence-corrected chi connectivity index (χ3v) is 2.51. The monoisotopic (exact) mass is 334 g/mol. The Morgan fingerprint density at radius 2 is 2.13 bits per heavy atom. The zero-order valence-corrected chi connectivity index (χ0v) is 11.1. The minimum absolute atomic E-state index is 0.135. The Labute approximate surface area is 104 Å². The molecular weight excluding hydrogens is 328 g/mol. The van der Waals surface area contributed by atoms with Gasteiger partial charge in [0.1, 0.15) is 11.6 Å². The van der Waals surface area contributed by atoms with Gasteiger partial charge in [-0.05, 0) is 44.8 Å². The van der Waals surface area contributed by atoms with Gasteiger partial charge in [0.25, 0.3) is 0 Å². The maximum Gasteiger partial charge on any atom is 0.232 e. The number of pyridine rings is 1. The van der Waals surface area contributed by atoms with Crippen molar-refractivity contribution in [2.75, 3.05) is 5.32 Å². The van der Waals surface area contributed by atoms with Crippen LogP contribution in [0.2, 0.25) is 0 Å². The highest BCUT2D eigenvalue weighted by molar-refractivity contribution is 9.11. The van der Waals surface area contributed by atoms with Crippen molar-refractivity contribution in [3.63, 3.8) is 0 Å². The highest BCUT2D eigenvalue weighted by atomic mass is 79.9. The van der Waals surface area contributed by atoms with Crippen LogP contribution in [0, 0.1) is 0 Å². The third kappa shape index (κ3) is 4.09. The van der Waals surface area contributed by atoms with E-state index in [9.17, 15) is 9.59 Å². The van der Waals surface area contributed by atoms with Crippen LogP contribution in [0.4, 0.5) is 5.82 Å². The molecule has 0 saturated heterocycles. The number of ketones is 1. The molecule has 1 aromatic rings. The number of carbonyl (C=O) groups excluding carboxylic acids is 2. The van der Waals surface area contributed by atoms with Crippen molar-refractivity contribution in [3.8, 4) is 0 Å². The first-order chi connectivity index (χ1) is 6.99. The van der Waals surface area contributed by atoms with Crippen molar-refractivity contribution in [2.45, 2.75) is 13.3 Å². The van der Waals surface area contributed by atoms with Crippen molar-refractivity contribution in [2.24, 2.45) is 0 Å². The molecule has 0 fully saturated rings. The summed E-state index contributed by atoms with van der Waals surface area (Å²) in [5.41, 5.74) is 0. The minimum Gasteiger partial charge on any atom is -0.309 e. The summed E-state index contributed by atoms with van der Waals surface area (Å²) in [5, 5.41) is 2.53. The predicted octanol–water partition coefficient (Wildman–Crippen LogP) is 2.52. The molecule has 1 heterocycles. The minimum atomic E-state index is -0.363. The summed E-state index contributed by atoms with van der Waals surface area (Å²) in [6.45, 7) is 1.36. The summed E-state index contributed by atoms with van der Waals surface area (Å²) in [6, 6.07) is 1.76. The van der Waals surface area contributed by atoms with Crippen LogP contribution in [0.3, 0.4) is 0 Å². The van der Waals surface area contributed by atoms with Gasteiger partial charge in [-0.2, -0.15) is 0 Å². The second-order valence-electron chi connectivity index (χ2n) is 2.91. The van der Waals surface area contributed by atoms with Gasteiger partial charge in [0.05, 0.1) is 10.9 Å². The number of aromatic nitrogens is 1. The molecule has 0 radical (unpaired) electrons. The first-order valence-electron chi connectivity index (χ1n) is 4.09. The molecular formula is C9H8Br2N2O2. The van der Waals surface area contributed by atoms with Crippen molar-refractivity contribution < 1.29 is 9.59 Å². The Bertz CT molecular complexity index is 407. The average Bonchev–Trinajstić information content (AvgIpc) is 2.08. The van der Waals surface area contributed by atoms with E-state index in [0.29, 0.717) is 10.3 Å². The lowest BCUT2D eigenvalue weighted by atomic mass is 10.3. The van der Waals surface area contributed by atoms with Gasteiger partial charge in [0.2, 0.25) is 5.91 Å². The molecule has 0 unspecified atom stereocenters. The lowest BCUT2D eigenvalue weighted by molar-refractivity contribution is -0.124. The number of nitrogens with zero attached hydrogens (tertiary/aromatic N) is 1. The molecule has 0 aliphatic heterocycles. The largest absolute Gasteiger partial charge is 0.309 e. The molecule has 1 N–H and O–H groups in total. The first-order valence-corrected chi connectivity index (χ1v) is 5.68. The number of carbonyl (C=O) groups is 2. The lowest BCUT2D eigenvalue weighted by Gasteiger charge is -2.05. The maximum absolute atomic E-state index is 11.3. The second-order valence-corrected chi connectivity index (χ2v) is 4.68. The first kappa shape index (κ1) is 12.3. The molecule has 0 saturated carbocycles. The third-order valence-electron chi connectivity index (χ3n) is 1.48. The van der Waals surface area contributed by atoms with E-state index in [4.69, 9.17) is 0 Å².